The molecule has 0 saturated carbocycles. The molecule has 0 aliphatic carbocycles. The lowest BCUT2D eigenvalue weighted by atomic mass is 10.2. The number of hydrogen-bond donors (Lipinski definition) is 3. The van der Waals surface area contributed by atoms with Crippen molar-refractivity contribution in [1.29, 1.82) is 0 Å². The molecule has 1 heterocycles. The van der Waals surface area contributed by atoms with Crippen molar-refractivity contribution in [2.24, 2.45) is 0 Å². The second-order valence-corrected chi connectivity index (χ2v) is 4.37. The van der Waals surface area contributed by atoms with E-state index in [1.807, 2.05) is 0 Å². The summed E-state index contributed by atoms with van der Waals surface area (Å²) < 4.78 is 40.0. The van der Waals surface area contributed by atoms with Gasteiger partial charge in [-0.05, 0) is 31.5 Å². The van der Waals surface area contributed by atoms with E-state index in [2.05, 4.69) is 15.4 Å². The van der Waals surface area contributed by atoms with Gasteiger partial charge in [0.05, 0.1) is 6.04 Å². The van der Waals surface area contributed by atoms with Crippen LogP contribution in [0.1, 0.15) is 12.8 Å². The predicted octanol–water partition coefficient (Wildman–Crippen LogP) is 2.07. The summed E-state index contributed by atoms with van der Waals surface area (Å²) >= 11 is 0. The summed E-state index contributed by atoms with van der Waals surface area (Å²) in [6.45, 7) is 0.834. The number of hydrogen-bond acceptors (Lipinski definition) is 4. The highest BCUT2D eigenvalue weighted by molar-refractivity contribution is 5.48. The van der Waals surface area contributed by atoms with Gasteiger partial charge in [-0.1, -0.05) is 6.07 Å². The average Bonchev–Trinajstić information content (AvgIpc) is 2.80. The molecular weight excluding hydrogens is 261 g/mol. The zero-order valence-corrected chi connectivity index (χ0v) is 10.1. The fourth-order valence-corrected chi connectivity index (χ4v) is 2.04. The minimum absolute atomic E-state index is 0.0906. The molecule has 2 unspecified atom stereocenters. The van der Waals surface area contributed by atoms with E-state index in [1.54, 1.807) is 6.07 Å². The Balaban J connectivity index is 1.98. The second kappa shape index (κ2) is 5.66. The molecule has 0 radical (unpaired) electrons. The number of nitrogens with one attached hydrogen (secondary N) is 2. The van der Waals surface area contributed by atoms with E-state index >= 15 is 0 Å². The first-order valence-corrected chi connectivity index (χ1v) is 5.98. The van der Waals surface area contributed by atoms with Crippen LogP contribution in [0.15, 0.2) is 24.3 Å². The van der Waals surface area contributed by atoms with Gasteiger partial charge in [-0.15, -0.1) is 13.2 Å². The number of halogens is 3. The lowest BCUT2D eigenvalue weighted by Gasteiger charge is -2.21. The van der Waals surface area contributed by atoms with Gasteiger partial charge >= 0.3 is 6.36 Å². The van der Waals surface area contributed by atoms with Crippen molar-refractivity contribution in [3.05, 3.63) is 24.3 Å². The maximum absolute atomic E-state index is 12.1. The predicted molar refractivity (Wildman–Crippen MR) is 63.8 cm³/mol. The molecule has 0 aromatic heterocycles. The number of aliphatic hydroxyl groups excluding tert-OH is 1. The second-order valence-electron chi connectivity index (χ2n) is 4.37. The van der Waals surface area contributed by atoms with Gasteiger partial charge in [-0.2, -0.15) is 0 Å². The van der Waals surface area contributed by atoms with Crippen molar-refractivity contribution in [2.45, 2.75) is 31.5 Å². The van der Waals surface area contributed by atoms with Crippen LogP contribution in [-0.2, 0) is 0 Å². The summed E-state index contributed by atoms with van der Waals surface area (Å²) in [7, 11) is 0. The van der Waals surface area contributed by atoms with Crippen LogP contribution in [0, 0.1) is 0 Å². The molecule has 1 aromatic rings. The largest absolute Gasteiger partial charge is 0.573 e. The fourth-order valence-electron chi connectivity index (χ4n) is 2.04. The topological polar surface area (TPSA) is 53.5 Å². The minimum Gasteiger partial charge on any atom is -0.406 e. The number of ether oxygens (including phenoxy) is 1. The highest BCUT2D eigenvalue weighted by atomic mass is 19.4. The maximum atomic E-state index is 12.1. The fraction of sp³-hybridized carbons (Fsp3) is 0.500. The van der Waals surface area contributed by atoms with Crippen LogP contribution in [0.25, 0.3) is 0 Å². The van der Waals surface area contributed by atoms with Gasteiger partial charge in [0.25, 0.3) is 0 Å². The van der Waals surface area contributed by atoms with Crippen molar-refractivity contribution in [1.82, 2.24) is 5.32 Å². The zero-order valence-electron chi connectivity index (χ0n) is 10.1. The first-order valence-electron chi connectivity index (χ1n) is 5.98. The molecule has 0 amide bonds. The summed E-state index contributed by atoms with van der Waals surface area (Å²) in [5, 5.41) is 15.8. The molecule has 1 fully saturated rings. The number of rotatable bonds is 4. The van der Waals surface area contributed by atoms with Crippen LogP contribution in [0.3, 0.4) is 0 Å². The van der Waals surface area contributed by atoms with Crippen molar-refractivity contribution < 1.29 is 23.0 Å². The number of aliphatic hydroxyl groups is 1. The average molecular weight is 276 g/mol. The zero-order chi connectivity index (χ0) is 13.9. The molecular formula is C12H15F3N2O2. The summed E-state index contributed by atoms with van der Waals surface area (Å²) in [5.41, 5.74) is 0.378. The first-order chi connectivity index (χ1) is 8.94. The van der Waals surface area contributed by atoms with Crippen LogP contribution in [-0.4, -0.2) is 30.3 Å². The molecule has 2 atom stereocenters. The van der Waals surface area contributed by atoms with E-state index in [0.717, 1.165) is 19.4 Å². The van der Waals surface area contributed by atoms with Crippen LogP contribution in [0.5, 0.6) is 5.75 Å². The smallest absolute Gasteiger partial charge is 0.406 e. The molecule has 1 aliphatic rings. The van der Waals surface area contributed by atoms with E-state index in [-0.39, 0.29) is 11.8 Å². The molecule has 1 saturated heterocycles. The standard InChI is InChI=1S/C12H15F3N2O2/c13-12(14,15)19-9-4-1-3-8(7-9)17-11(18)10-5-2-6-16-10/h1,3-4,7,10-11,16-18H,2,5-6H2. The van der Waals surface area contributed by atoms with E-state index in [0.29, 0.717) is 5.69 Å². The van der Waals surface area contributed by atoms with E-state index in [4.69, 9.17) is 0 Å². The van der Waals surface area contributed by atoms with E-state index < -0.39 is 12.6 Å². The van der Waals surface area contributed by atoms with E-state index in [9.17, 15) is 18.3 Å². The third kappa shape index (κ3) is 4.29. The van der Waals surface area contributed by atoms with Gasteiger partial charge in [0, 0.05) is 11.8 Å². The number of benzene rings is 1. The number of anilines is 1. The maximum Gasteiger partial charge on any atom is 0.573 e. The SMILES string of the molecule is OC(Nc1cccc(OC(F)(F)F)c1)C1CCCN1. The highest BCUT2D eigenvalue weighted by Gasteiger charge is 2.31. The summed E-state index contributed by atoms with van der Waals surface area (Å²) in [4.78, 5) is 0. The third-order valence-corrected chi connectivity index (χ3v) is 2.86. The molecule has 2 rings (SSSR count). The lowest BCUT2D eigenvalue weighted by Crippen LogP contribution is -2.39. The summed E-state index contributed by atoms with van der Waals surface area (Å²) in [5.74, 6) is -0.316. The Morgan fingerprint density at radius 2 is 2.21 bits per heavy atom. The van der Waals surface area contributed by atoms with Crippen molar-refractivity contribution >= 4 is 5.69 Å². The monoisotopic (exact) mass is 276 g/mol. The van der Waals surface area contributed by atoms with Crippen molar-refractivity contribution in [2.75, 3.05) is 11.9 Å². The lowest BCUT2D eigenvalue weighted by molar-refractivity contribution is -0.274. The molecule has 4 nitrogen and oxygen atoms in total. The van der Waals surface area contributed by atoms with Gasteiger partial charge in [0.2, 0.25) is 0 Å². The Hall–Kier alpha value is -1.47. The van der Waals surface area contributed by atoms with Gasteiger partial charge < -0.3 is 20.5 Å². The van der Waals surface area contributed by atoms with Crippen LogP contribution >= 0.6 is 0 Å². The quantitative estimate of drug-likeness (QED) is 0.737. The Bertz CT molecular complexity index is 420. The molecule has 1 aliphatic heterocycles. The molecule has 0 bridgehead atoms. The van der Waals surface area contributed by atoms with Crippen molar-refractivity contribution in [3.63, 3.8) is 0 Å². The van der Waals surface area contributed by atoms with E-state index in [1.165, 1.54) is 18.2 Å². The Morgan fingerprint density at radius 1 is 1.42 bits per heavy atom. The van der Waals surface area contributed by atoms with Crippen molar-refractivity contribution in [3.8, 4) is 5.75 Å². The van der Waals surface area contributed by atoms with Crippen LogP contribution < -0.4 is 15.4 Å². The molecule has 0 spiro atoms. The highest BCUT2D eigenvalue weighted by Crippen LogP contribution is 2.25. The minimum atomic E-state index is -4.72. The summed E-state index contributed by atoms with van der Waals surface area (Å²) in [6.07, 6.45) is -3.76. The molecule has 19 heavy (non-hydrogen) atoms. The molecule has 1 aromatic carbocycles. The van der Waals surface area contributed by atoms with Crippen LogP contribution in [0.2, 0.25) is 0 Å². The Kier molecular flexibility index (Phi) is 4.16. The Labute approximate surface area is 108 Å². The first kappa shape index (κ1) is 14.0. The Morgan fingerprint density at radius 3 is 2.84 bits per heavy atom. The molecule has 106 valence electrons. The van der Waals surface area contributed by atoms with Crippen LogP contribution in [0.4, 0.5) is 18.9 Å². The molecule has 3 N–H and O–H groups in total. The van der Waals surface area contributed by atoms with Gasteiger partial charge in [-0.25, -0.2) is 0 Å². The summed E-state index contributed by atoms with van der Waals surface area (Å²) in [6, 6.07) is 5.32. The van der Waals surface area contributed by atoms with Gasteiger partial charge in [0.1, 0.15) is 12.0 Å². The van der Waals surface area contributed by atoms with Gasteiger partial charge in [0.15, 0.2) is 0 Å². The molecule has 7 heteroatoms. The van der Waals surface area contributed by atoms with Gasteiger partial charge in [-0.3, -0.25) is 0 Å². The number of alkyl halides is 3. The third-order valence-electron chi connectivity index (χ3n) is 2.86. The normalized spacial score (nSPS) is 21.2.